The maximum Gasteiger partial charge on any atom is -0.693 e. The first kappa shape index (κ1) is 55.5. The standard InChI is InChI=1S/C21H22N2O4S2.C17H14F3N3O2S.3ClH.2H2N.Pt/c1-2-14-23-15-12-21(13-16-23,20(24)22-25)29(26,27)19-10-8-18(9-11-19)28-17-6-4-3-5-7-17;1-11-2-4-12(5-3-11)15-10-16(17(18,19)20)22-23(15)13-6-8-14(9-7-13)26(21,24)25;;;;;;/h1,3-11,25H,12-16H2,(H,22,24);2-10H,1H3,(H2,21,24,25);3*1H;2*1H2;/q;;;;;2*-1;+4/p-2. The number of benzene rings is 4. The van der Waals surface area contributed by atoms with Crippen molar-refractivity contribution in [3.05, 3.63) is 133 Å². The van der Waals surface area contributed by atoms with Gasteiger partial charge in [-0.05, 0) is 86.5 Å². The van der Waals surface area contributed by atoms with Gasteiger partial charge in [0.15, 0.2) is 20.3 Å². The molecule has 1 fully saturated rings. The Bertz CT molecular complexity index is 2420. The Kier molecular flexibility index (Phi) is 22.2. The molecule has 6 rings (SSSR count). The van der Waals surface area contributed by atoms with Crippen molar-refractivity contribution in [2.45, 2.75) is 50.3 Å². The number of rotatable bonds is 9. The van der Waals surface area contributed by atoms with Crippen LogP contribution in [0.1, 0.15) is 24.1 Å². The Morgan fingerprint density at radius 1 is 0.918 bits per heavy atom. The fourth-order valence-electron chi connectivity index (χ4n) is 5.88. The Morgan fingerprint density at radius 3 is 1.90 bits per heavy atom. The Morgan fingerprint density at radius 2 is 1.43 bits per heavy atom. The third-order valence-corrected chi connectivity index (χ3v) is 13.3. The van der Waals surface area contributed by atoms with E-state index in [1.54, 1.807) is 41.9 Å². The number of piperidine rings is 1. The molecule has 13 nitrogen and oxygen atoms in total. The molecule has 1 aliphatic rings. The van der Waals surface area contributed by atoms with Crippen LogP contribution in [0.5, 0.6) is 0 Å². The molecule has 23 heteroatoms. The van der Waals surface area contributed by atoms with E-state index >= 15 is 0 Å². The number of amides is 1. The molecule has 0 unspecified atom stereocenters. The fraction of sp³-hybridized carbons (Fsp3) is 0.211. The minimum absolute atomic E-state index is 0. The number of primary sulfonamides is 1. The van der Waals surface area contributed by atoms with Gasteiger partial charge >= 0.3 is 41.5 Å². The van der Waals surface area contributed by atoms with Crippen molar-refractivity contribution in [1.82, 2.24) is 20.2 Å². The quantitative estimate of drug-likeness (QED) is 0.0724. The van der Waals surface area contributed by atoms with Crippen LogP contribution >= 0.6 is 43.0 Å². The molecule has 4 aromatic carbocycles. The average molecular weight is 1150 g/mol. The Labute approximate surface area is 379 Å². The summed E-state index contributed by atoms with van der Waals surface area (Å²) >= 11 is 1.05. The number of nitrogens with zero attached hydrogens (tertiary/aromatic N) is 3. The number of hydrogen-bond donors (Lipinski definition) is 3. The van der Waals surface area contributed by atoms with Crippen molar-refractivity contribution >= 4 is 68.8 Å². The molecule has 0 spiro atoms. The van der Waals surface area contributed by atoms with Gasteiger partial charge in [-0.15, -0.1) is 18.8 Å². The van der Waals surface area contributed by atoms with Gasteiger partial charge in [-0.3, -0.25) is 14.9 Å². The van der Waals surface area contributed by atoms with Crippen LogP contribution in [-0.2, 0) is 47.3 Å². The zero-order valence-corrected chi connectivity index (χ0v) is 39.0. The van der Waals surface area contributed by atoms with E-state index in [9.17, 15) is 40.0 Å². The number of alkyl halides is 3. The third kappa shape index (κ3) is 14.3. The number of hydroxylamine groups is 1. The molecule has 334 valence electrons. The van der Waals surface area contributed by atoms with Crippen LogP contribution in [0.4, 0.5) is 13.2 Å². The molecule has 0 saturated carbocycles. The van der Waals surface area contributed by atoms with Gasteiger partial charge in [0.1, 0.15) is 0 Å². The molecule has 8 N–H and O–H groups in total. The van der Waals surface area contributed by atoms with E-state index in [0.29, 0.717) is 25.2 Å². The maximum absolute atomic E-state index is 13.4. The number of carbonyl (C=O) groups excluding carboxylic acids is 1. The van der Waals surface area contributed by atoms with Gasteiger partial charge in [0.05, 0.1) is 27.7 Å². The van der Waals surface area contributed by atoms with Crippen molar-refractivity contribution in [2.24, 2.45) is 5.14 Å². The first-order chi connectivity index (χ1) is 27.4. The molecule has 0 bridgehead atoms. The van der Waals surface area contributed by atoms with Crippen LogP contribution in [0, 0.1) is 19.3 Å². The van der Waals surface area contributed by atoms with E-state index in [1.165, 1.54) is 48.2 Å². The van der Waals surface area contributed by atoms with Gasteiger partial charge in [0, 0.05) is 28.4 Å². The summed E-state index contributed by atoms with van der Waals surface area (Å²) in [6.07, 6.45) is 0.841. The number of aryl methyl sites for hydroxylation is 1. The van der Waals surface area contributed by atoms with Crippen LogP contribution < -0.4 is 10.6 Å². The summed E-state index contributed by atoms with van der Waals surface area (Å²) in [4.78, 5) is 16.2. The molecule has 1 aliphatic heterocycles. The largest absolute Gasteiger partial charge is 0.693 e. The molecule has 0 atom stereocenters. The molecule has 1 amide bonds. The zero-order chi connectivity index (χ0) is 42.7. The van der Waals surface area contributed by atoms with Crippen LogP contribution in [0.3, 0.4) is 0 Å². The molecule has 0 aliphatic carbocycles. The minimum atomic E-state index is -4.61. The van der Waals surface area contributed by atoms with Crippen molar-refractivity contribution in [3.63, 3.8) is 0 Å². The second kappa shape index (κ2) is 24.4. The maximum atomic E-state index is 13.4. The molecule has 61 heavy (non-hydrogen) atoms. The Hall–Kier alpha value is -3.48. The number of halogens is 6. The summed E-state index contributed by atoms with van der Waals surface area (Å²) < 4.78 is 88.3. The van der Waals surface area contributed by atoms with Crippen molar-refractivity contribution in [2.75, 3.05) is 19.6 Å². The number of nitrogens with two attached hydrogens (primary N) is 3. The summed E-state index contributed by atoms with van der Waals surface area (Å²) in [5.41, 5.74) is 2.56. The number of aromatic nitrogens is 2. The summed E-state index contributed by atoms with van der Waals surface area (Å²) in [6.45, 7) is 2.98. The van der Waals surface area contributed by atoms with E-state index in [1.807, 2.05) is 42.2 Å². The van der Waals surface area contributed by atoms with E-state index in [2.05, 4.69) is 11.0 Å². The smallest absolute Gasteiger partial charge is 0.693 e. The number of carbonyl (C=O) groups is 1. The summed E-state index contributed by atoms with van der Waals surface area (Å²) in [5, 5.41) is 17.9. The molecule has 0 radical (unpaired) electrons. The summed E-state index contributed by atoms with van der Waals surface area (Å²) in [7, 11) is 1.83. The molecule has 5 aromatic rings. The van der Waals surface area contributed by atoms with E-state index in [4.69, 9.17) is 30.4 Å². The normalized spacial score (nSPS) is 13.6. The predicted octanol–water partition coefficient (Wildman–Crippen LogP) is 9.33. The van der Waals surface area contributed by atoms with Gasteiger partial charge in [0.25, 0.3) is 5.91 Å². The summed E-state index contributed by atoms with van der Waals surface area (Å²) in [5.74, 6) is 1.63. The molecule has 1 aromatic heterocycles. The van der Waals surface area contributed by atoms with Crippen LogP contribution in [0.25, 0.3) is 29.2 Å². The van der Waals surface area contributed by atoms with Gasteiger partial charge < -0.3 is 12.3 Å². The molecule has 2 heterocycles. The van der Waals surface area contributed by atoms with Crippen molar-refractivity contribution in [3.8, 4) is 29.3 Å². The SMILES string of the molecule is C#CCN1CCC(C(=O)NO)(S(=O)(=O)c2ccc(Sc3ccccc3)cc2)CC1.Cc1ccc(-c2cc(C(F)(F)F)nn2-c2ccc(S(N)(=O)=O)cc2)cc1.Cl.[Cl][Pt+2][Cl].[NH2-].[NH2-]. The van der Waals surface area contributed by atoms with Gasteiger partial charge in [-0.25, -0.2) is 32.1 Å². The van der Waals surface area contributed by atoms with Gasteiger partial charge in [-0.1, -0.05) is 65.7 Å². The zero-order valence-electron chi connectivity index (χ0n) is 31.9. The van der Waals surface area contributed by atoms with Crippen LogP contribution in [0.15, 0.2) is 129 Å². The minimum Gasteiger partial charge on any atom is -0.693 e. The second-order valence-electron chi connectivity index (χ2n) is 12.6. The number of likely N-dealkylation sites (tertiary alicyclic amines) is 1. The summed E-state index contributed by atoms with van der Waals surface area (Å²) in [6, 6.07) is 29.3. The van der Waals surface area contributed by atoms with Crippen molar-refractivity contribution < 1.29 is 56.5 Å². The first-order valence-electron chi connectivity index (χ1n) is 16.8. The number of sulfone groups is 1. The number of nitrogens with one attached hydrogen (secondary N) is 1. The molecular formula is C38H41Cl3F3N7O6PtS3. The van der Waals surface area contributed by atoms with Gasteiger partial charge in [-0.2, -0.15) is 18.3 Å². The monoisotopic (exact) mass is 1140 g/mol. The topological polar surface area (TPSA) is 232 Å². The third-order valence-electron chi connectivity index (χ3n) is 8.88. The Balaban J connectivity index is 0.000000550. The van der Waals surface area contributed by atoms with Crippen molar-refractivity contribution in [1.29, 1.82) is 0 Å². The molecular weight excluding hydrogens is 1110 g/mol. The molecule has 1 saturated heterocycles. The number of hydrogen-bond acceptors (Lipinski definition) is 9. The van der Waals surface area contributed by atoms with E-state index < -0.39 is 58.9 Å². The number of sulfonamides is 1. The number of terminal acetylenes is 1. The average Bonchev–Trinajstić information content (AvgIpc) is 3.66. The predicted molar refractivity (Wildman–Crippen MR) is 231 cm³/mol. The van der Waals surface area contributed by atoms with Crippen LogP contribution in [0.2, 0.25) is 0 Å². The fourth-order valence-corrected chi connectivity index (χ4v) is 9.19. The first-order valence-corrected chi connectivity index (χ1v) is 26.3. The van der Waals surface area contributed by atoms with E-state index in [-0.39, 0.29) is 58.7 Å². The van der Waals surface area contributed by atoms with Crippen LogP contribution in [-0.4, -0.2) is 67.0 Å². The second-order valence-corrected chi connectivity index (χ2v) is 20.8. The van der Waals surface area contributed by atoms with Gasteiger partial charge in [0.2, 0.25) is 10.0 Å². The van der Waals surface area contributed by atoms with E-state index in [0.717, 1.165) is 26.1 Å².